The summed E-state index contributed by atoms with van der Waals surface area (Å²) in [7, 11) is 0. The van der Waals surface area contributed by atoms with Gasteiger partial charge in [-0.1, -0.05) is 74.5 Å². The highest BCUT2D eigenvalue weighted by Crippen LogP contribution is 2.18. The zero-order valence-electron chi connectivity index (χ0n) is 12.5. The van der Waals surface area contributed by atoms with Crippen molar-refractivity contribution in [3.63, 3.8) is 0 Å². The first-order valence-electron chi connectivity index (χ1n) is 7.10. The van der Waals surface area contributed by atoms with Gasteiger partial charge in [0.05, 0.1) is 0 Å². The van der Waals surface area contributed by atoms with E-state index in [-0.39, 0.29) is 0 Å². The fourth-order valence-electron chi connectivity index (χ4n) is 1.82. The van der Waals surface area contributed by atoms with Gasteiger partial charge in [0.25, 0.3) is 0 Å². The molecule has 0 radical (unpaired) electrons. The number of fused-ring (bicyclic) bond motifs is 1. The van der Waals surface area contributed by atoms with Gasteiger partial charge >= 0.3 is 0 Å². The van der Waals surface area contributed by atoms with Crippen molar-refractivity contribution < 1.29 is 0 Å². The second-order valence-corrected chi connectivity index (χ2v) is 3.94. The van der Waals surface area contributed by atoms with E-state index in [1.54, 1.807) is 0 Å². The molecule has 0 aliphatic carbocycles. The Labute approximate surface area is 122 Å². The Morgan fingerprint density at radius 2 is 1.40 bits per heavy atom. The Balaban J connectivity index is 0.000000211. The van der Waals surface area contributed by atoms with Gasteiger partial charge in [-0.3, -0.25) is 0 Å². The molecule has 1 nitrogen and oxygen atoms in total. The van der Waals surface area contributed by atoms with E-state index in [0.29, 0.717) is 0 Å². The third-order valence-corrected chi connectivity index (χ3v) is 2.64. The van der Waals surface area contributed by atoms with Crippen molar-refractivity contribution in [3.05, 3.63) is 78.5 Å². The van der Waals surface area contributed by atoms with Crippen LogP contribution in [0.1, 0.15) is 26.3 Å². The molecular weight excluding hydrogens is 242 g/mol. The normalized spacial score (nSPS) is 9.55. The molecule has 1 aromatic heterocycles. The maximum atomic E-state index is 3.18. The van der Waals surface area contributed by atoms with Crippen LogP contribution < -0.4 is 0 Å². The van der Waals surface area contributed by atoms with Crippen LogP contribution in [0.25, 0.3) is 17.0 Å². The number of hydrogen-bond acceptors (Lipinski definition) is 0. The first-order chi connectivity index (χ1) is 9.92. The van der Waals surface area contributed by atoms with E-state index in [1.807, 2.05) is 63.4 Å². The summed E-state index contributed by atoms with van der Waals surface area (Å²) in [5.74, 6) is 0. The van der Waals surface area contributed by atoms with Crippen LogP contribution in [0.15, 0.2) is 72.9 Å². The minimum absolute atomic E-state index is 1.20. The molecule has 0 bridgehead atoms. The topological polar surface area (TPSA) is 15.8 Å². The highest BCUT2D eigenvalue weighted by atomic mass is 14.7. The third-order valence-electron chi connectivity index (χ3n) is 2.64. The van der Waals surface area contributed by atoms with Crippen LogP contribution in [-0.2, 0) is 0 Å². The number of benzene rings is 2. The molecule has 1 heterocycles. The van der Waals surface area contributed by atoms with E-state index < -0.39 is 0 Å². The molecule has 0 amide bonds. The number of rotatable bonds is 1. The Hall–Kier alpha value is -2.28. The minimum atomic E-state index is 1.20. The summed E-state index contributed by atoms with van der Waals surface area (Å²) >= 11 is 0. The summed E-state index contributed by atoms with van der Waals surface area (Å²) in [5.41, 5.74) is 2.47. The second-order valence-electron chi connectivity index (χ2n) is 3.94. The smallest absolute Gasteiger partial charge is 0.0459 e. The fraction of sp³-hybridized carbons (Fsp3) is 0.158. The molecule has 0 saturated heterocycles. The number of nitrogens with one attached hydrogen (secondary N) is 1. The zero-order chi connectivity index (χ0) is 14.6. The molecule has 0 unspecified atom stereocenters. The molecule has 3 aromatic rings. The Kier molecular flexibility index (Phi) is 7.59. The summed E-state index contributed by atoms with van der Waals surface area (Å²) in [6, 6.07) is 20.4. The molecular formula is C19H23N. The SMILES string of the molecule is C/C=C/c1cccc2[nH]ccc12.CC.c1ccccc1. The highest BCUT2D eigenvalue weighted by molar-refractivity contribution is 5.88. The number of aromatic nitrogens is 1. The lowest BCUT2D eigenvalue weighted by Gasteiger charge is -1.94. The fourth-order valence-corrected chi connectivity index (χ4v) is 1.82. The van der Waals surface area contributed by atoms with Gasteiger partial charge in [0, 0.05) is 17.1 Å². The lowest BCUT2D eigenvalue weighted by molar-refractivity contribution is 1.48. The second kappa shape index (κ2) is 9.62. The first kappa shape index (κ1) is 15.8. The molecule has 0 saturated carbocycles. The molecule has 1 heteroatoms. The molecule has 3 rings (SSSR count). The van der Waals surface area contributed by atoms with Crippen molar-refractivity contribution in [2.75, 3.05) is 0 Å². The lowest BCUT2D eigenvalue weighted by atomic mass is 10.1. The Bertz CT molecular complexity index is 579. The monoisotopic (exact) mass is 265 g/mol. The molecule has 0 aliphatic heterocycles. The van der Waals surface area contributed by atoms with Gasteiger partial charge < -0.3 is 4.98 Å². The van der Waals surface area contributed by atoms with Gasteiger partial charge in [0.15, 0.2) is 0 Å². The minimum Gasteiger partial charge on any atom is -0.361 e. The molecule has 1 N–H and O–H groups in total. The highest BCUT2D eigenvalue weighted by Gasteiger charge is 1.96. The van der Waals surface area contributed by atoms with E-state index in [4.69, 9.17) is 0 Å². The predicted molar refractivity (Wildman–Crippen MR) is 90.8 cm³/mol. The number of allylic oxidation sites excluding steroid dienone is 1. The van der Waals surface area contributed by atoms with E-state index in [2.05, 4.69) is 41.4 Å². The van der Waals surface area contributed by atoms with Crippen LogP contribution in [0.4, 0.5) is 0 Å². The summed E-state index contributed by atoms with van der Waals surface area (Å²) < 4.78 is 0. The molecule has 2 aromatic carbocycles. The van der Waals surface area contributed by atoms with Crippen molar-refractivity contribution in [2.45, 2.75) is 20.8 Å². The van der Waals surface area contributed by atoms with Gasteiger partial charge in [-0.25, -0.2) is 0 Å². The van der Waals surface area contributed by atoms with Crippen LogP contribution in [-0.4, -0.2) is 4.98 Å². The van der Waals surface area contributed by atoms with E-state index >= 15 is 0 Å². The number of hydrogen-bond donors (Lipinski definition) is 1. The van der Waals surface area contributed by atoms with Crippen molar-refractivity contribution in [1.29, 1.82) is 0 Å². The van der Waals surface area contributed by atoms with Crippen LogP contribution >= 0.6 is 0 Å². The van der Waals surface area contributed by atoms with Gasteiger partial charge in [0.1, 0.15) is 0 Å². The van der Waals surface area contributed by atoms with Crippen molar-refractivity contribution in [1.82, 2.24) is 4.98 Å². The standard InChI is InChI=1S/C11H11N.C6H6.C2H6/c1-2-4-9-5-3-6-11-10(9)7-8-12-11;1-2-4-6-5-3-1;1-2/h2-8,12H,1H3;1-6H;1-2H3/b4-2+;;. The van der Waals surface area contributed by atoms with Crippen molar-refractivity contribution >= 4 is 17.0 Å². The lowest BCUT2D eigenvalue weighted by Crippen LogP contribution is -1.72. The Morgan fingerprint density at radius 1 is 0.800 bits per heavy atom. The molecule has 104 valence electrons. The van der Waals surface area contributed by atoms with Gasteiger partial charge in [0.2, 0.25) is 0 Å². The van der Waals surface area contributed by atoms with E-state index in [9.17, 15) is 0 Å². The molecule has 0 aliphatic rings. The first-order valence-corrected chi connectivity index (χ1v) is 7.10. The quantitative estimate of drug-likeness (QED) is 0.562. The molecule has 0 fully saturated rings. The summed E-state index contributed by atoms with van der Waals surface area (Å²) in [6.45, 7) is 6.03. The van der Waals surface area contributed by atoms with Crippen LogP contribution in [0.2, 0.25) is 0 Å². The van der Waals surface area contributed by atoms with Crippen LogP contribution in [0, 0.1) is 0 Å². The van der Waals surface area contributed by atoms with Gasteiger partial charge in [-0.2, -0.15) is 0 Å². The van der Waals surface area contributed by atoms with Gasteiger partial charge in [-0.05, 0) is 24.6 Å². The van der Waals surface area contributed by atoms with Gasteiger partial charge in [-0.15, -0.1) is 0 Å². The molecule has 0 atom stereocenters. The average molecular weight is 265 g/mol. The Morgan fingerprint density at radius 3 is 1.95 bits per heavy atom. The maximum absolute atomic E-state index is 3.18. The summed E-state index contributed by atoms with van der Waals surface area (Å²) in [6.07, 6.45) is 6.15. The average Bonchev–Trinajstić information content (AvgIpc) is 3.02. The van der Waals surface area contributed by atoms with Crippen molar-refractivity contribution in [3.8, 4) is 0 Å². The van der Waals surface area contributed by atoms with Crippen LogP contribution in [0.5, 0.6) is 0 Å². The van der Waals surface area contributed by atoms with Crippen LogP contribution in [0.3, 0.4) is 0 Å². The zero-order valence-corrected chi connectivity index (χ0v) is 12.5. The molecule has 0 spiro atoms. The largest absolute Gasteiger partial charge is 0.361 e. The number of aromatic amines is 1. The maximum Gasteiger partial charge on any atom is 0.0459 e. The summed E-state index contributed by atoms with van der Waals surface area (Å²) in [4.78, 5) is 3.18. The van der Waals surface area contributed by atoms with Crippen molar-refractivity contribution in [2.24, 2.45) is 0 Å². The number of H-pyrrole nitrogens is 1. The predicted octanol–water partition coefficient (Wildman–Crippen LogP) is 5.91. The summed E-state index contributed by atoms with van der Waals surface area (Å²) in [5, 5.41) is 1.29. The van der Waals surface area contributed by atoms with E-state index in [0.717, 1.165) is 0 Å². The third kappa shape index (κ3) is 4.77. The molecule has 20 heavy (non-hydrogen) atoms. The van der Waals surface area contributed by atoms with E-state index in [1.165, 1.54) is 16.5 Å².